The molecule has 0 saturated carbocycles. The molecule has 0 spiro atoms. The van der Waals surface area contributed by atoms with E-state index in [0.717, 1.165) is 12.1 Å². The van der Waals surface area contributed by atoms with Crippen molar-refractivity contribution in [2.45, 2.75) is 19.3 Å². The molecule has 6 heteroatoms. The van der Waals surface area contributed by atoms with E-state index in [4.69, 9.17) is 4.42 Å². The predicted molar refractivity (Wildman–Crippen MR) is 69.2 cm³/mol. The molecule has 0 amide bonds. The van der Waals surface area contributed by atoms with Crippen LogP contribution >= 0.6 is 0 Å². The number of ether oxygens (including phenoxy) is 1. The smallest absolute Gasteiger partial charge is 0.343 e. The van der Waals surface area contributed by atoms with Gasteiger partial charge in [0.15, 0.2) is 0 Å². The Morgan fingerprint density at radius 3 is 2.85 bits per heavy atom. The maximum atomic E-state index is 13.2. The van der Waals surface area contributed by atoms with Crippen molar-refractivity contribution in [2.24, 2.45) is 0 Å². The van der Waals surface area contributed by atoms with Crippen molar-refractivity contribution in [1.29, 1.82) is 0 Å². The summed E-state index contributed by atoms with van der Waals surface area (Å²) >= 11 is 0. The summed E-state index contributed by atoms with van der Waals surface area (Å²) in [5, 5.41) is 10.2. The highest BCUT2D eigenvalue weighted by Crippen LogP contribution is 2.32. The van der Waals surface area contributed by atoms with E-state index in [2.05, 4.69) is 4.74 Å². The Kier molecular flexibility index (Phi) is 3.74. The molecule has 0 bridgehead atoms. The van der Waals surface area contributed by atoms with Gasteiger partial charge in [0.05, 0.1) is 24.5 Å². The van der Waals surface area contributed by atoms with Crippen LogP contribution < -0.4 is 5.63 Å². The van der Waals surface area contributed by atoms with Gasteiger partial charge in [0.25, 0.3) is 0 Å². The van der Waals surface area contributed by atoms with Gasteiger partial charge in [-0.15, -0.1) is 0 Å². The van der Waals surface area contributed by atoms with Gasteiger partial charge in [0, 0.05) is 5.92 Å². The molecule has 0 aliphatic carbocycles. The molecule has 2 rings (SSSR count). The summed E-state index contributed by atoms with van der Waals surface area (Å²) in [6, 6.07) is 3.46. The van der Waals surface area contributed by atoms with Gasteiger partial charge in [-0.3, -0.25) is 4.79 Å². The van der Waals surface area contributed by atoms with Crippen LogP contribution in [0.2, 0.25) is 0 Å². The number of carbonyl (C=O) groups is 1. The van der Waals surface area contributed by atoms with Crippen LogP contribution in [0.15, 0.2) is 27.4 Å². The number of aromatic hydroxyl groups is 1. The SMILES string of the molecule is COC(=O)C[C@@H](C)c1c(O)c2cc(F)ccc2oc1=O. The van der Waals surface area contributed by atoms with Crippen LogP contribution in [0.4, 0.5) is 4.39 Å². The molecule has 0 unspecified atom stereocenters. The number of fused-ring (bicyclic) bond motifs is 1. The number of methoxy groups -OCH3 is 1. The van der Waals surface area contributed by atoms with Gasteiger partial charge >= 0.3 is 11.6 Å². The summed E-state index contributed by atoms with van der Waals surface area (Å²) in [4.78, 5) is 23.1. The van der Waals surface area contributed by atoms with Crippen molar-refractivity contribution in [3.05, 3.63) is 40.0 Å². The zero-order valence-corrected chi connectivity index (χ0v) is 11.0. The van der Waals surface area contributed by atoms with Gasteiger partial charge < -0.3 is 14.3 Å². The Labute approximate surface area is 113 Å². The summed E-state index contributed by atoms with van der Waals surface area (Å²) < 4.78 is 22.8. The van der Waals surface area contributed by atoms with Crippen LogP contribution in [-0.2, 0) is 9.53 Å². The fourth-order valence-corrected chi connectivity index (χ4v) is 2.04. The zero-order valence-electron chi connectivity index (χ0n) is 11.0. The van der Waals surface area contributed by atoms with E-state index >= 15 is 0 Å². The lowest BCUT2D eigenvalue weighted by atomic mass is 9.97. The summed E-state index contributed by atoms with van der Waals surface area (Å²) in [6.45, 7) is 1.58. The molecule has 1 heterocycles. The number of halogens is 1. The van der Waals surface area contributed by atoms with Crippen LogP contribution in [0.5, 0.6) is 5.75 Å². The average Bonchev–Trinajstić information content (AvgIpc) is 2.39. The number of hydrogen-bond donors (Lipinski definition) is 1. The highest BCUT2D eigenvalue weighted by Gasteiger charge is 2.22. The minimum atomic E-state index is -0.752. The number of esters is 1. The summed E-state index contributed by atoms with van der Waals surface area (Å²) in [5.41, 5.74) is -0.727. The largest absolute Gasteiger partial charge is 0.507 e. The third-order valence-corrected chi connectivity index (χ3v) is 3.07. The maximum absolute atomic E-state index is 13.2. The number of hydrogen-bond acceptors (Lipinski definition) is 5. The summed E-state index contributed by atoms with van der Waals surface area (Å²) in [7, 11) is 1.23. The highest BCUT2D eigenvalue weighted by molar-refractivity contribution is 5.84. The summed E-state index contributed by atoms with van der Waals surface area (Å²) in [6.07, 6.45) is -0.0877. The monoisotopic (exact) mass is 280 g/mol. The van der Waals surface area contributed by atoms with E-state index in [1.54, 1.807) is 6.92 Å². The van der Waals surface area contributed by atoms with E-state index in [1.165, 1.54) is 13.2 Å². The first-order valence-corrected chi connectivity index (χ1v) is 5.96. The molecule has 106 valence electrons. The Morgan fingerprint density at radius 2 is 2.20 bits per heavy atom. The summed E-state index contributed by atoms with van der Waals surface area (Å²) in [5.74, 6) is -2.05. The Balaban J connectivity index is 2.58. The highest BCUT2D eigenvalue weighted by atomic mass is 19.1. The molecule has 1 aromatic carbocycles. The lowest BCUT2D eigenvalue weighted by molar-refractivity contribution is -0.140. The fraction of sp³-hybridized carbons (Fsp3) is 0.286. The van der Waals surface area contributed by atoms with Gasteiger partial charge in [-0.2, -0.15) is 0 Å². The second-order valence-corrected chi connectivity index (χ2v) is 4.47. The van der Waals surface area contributed by atoms with Crippen molar-refractivity contribution < 1.29 is 23.4 Å². The van der Waals surface area contributed by atoms with E-state index in [1.807, 2.05) is 0 Å². The van der Waals surface area contributed by atoms with Crippen LogP contribution in [0.3, 0.4) is 0 Å². The molecule has 0 fully saturated rings. The molecule has 1 atom stereocenters. The van der Waals surface area contributed by atoms with Crippen molar-refractivity contribution >= 4 is 16.9 Å². The van der Waals surface area contributed by atoms with E-state index < -0.39 is 23.3 Å². The number of carbonyl (C=O) groups excluding carboxylic acids is 1. The first kappa shape index (κ1) is 14.0. The average molecular weight is 280 g/mol. The van der Waals surface area contributed by atoms with E-state index in [-0.39, 0.29) is 28.7 Å². The normalized spacial score (nSPS) is 12.3. The third-order valence-electron chi connectivity index (χ3n) is 3.07. The van der Waals surface area contributed by atoms with Gasteiger partial charge in [-0.25, -0.2) is 9.18 Å². The number of benzene rings is 1. The van der Waals surface area contributed by atoms with Gasteiger partial charge in [0.2, 0.25) is 0 Å². The minimum absolute atomic E-state index is 0.0616. The minimum Gasteiger partial charge on any atom is -0.507 e. The van der Waals surface area contributed by atoms with Crippen LogP contribution in [-0.4, -0.2) is 18.2 Å². The predicted octanol–water partition coefficient (Wildman–Crippen LogP) is 2.30. The number of rotatable bonds is 3. The molecule has 2 aromatic rings. The first-order chi connectivity index (χ1) is 9.43. The quantitative estimate of drug-likeness (QED) is 0.689. The van der Waals surface area contributed by atoms with Crippen LogP contribution in [0.1, 0.15) is 24.8 Å². The molecule has 0 saturated heterocycles. The van der Waals surface area contributed by atoms with Crippen LogP contribution in [0, 0.1) is 5.82 Å². The molecule has 0 radical (unpaired) electrons. The Bertz CT molecular complexity index is 719. The topological polar surface area (TPSA) is 76.7 Å². The maximum Gasteiger partial charge on any atom is 0.343 e. The van der Waals surface area contributed by atoms with Gasteiger partial charge in [0.1, 0.15) is 17.1 Å². The lowest BCUT2D eigenvalue weighted by Crippen LogP contribution is -2.14. The van der Waals surface area contributed by atoms with Gasteiger partial charge in [-0.1, -0.05) is 6.92 Å². The van der Waals surface area contributed by atoms with E-state index in [9.17, 15) is 19.1 Å². The molecule has 20 heavy (non-hydrogen) atoms. The molecular formula is C14H13FO5. The van der Waals surface area contributed by atoms with Gasteiger partial charge in [-0.05, 0) is 18.2 Å². The van der Waals surface area contributed by atoms with Crippen molar-refractivity contribution in [3.63, 3.8) is 0 Å². The lowest BCUT2D eigenvalue weighted by Gasteiger charge is -2.12. The molecule has 5 nitrogen and oxygen atoms in total. The second-order valence-electron chi connectivity index (χ2n) is 4.47. The Morgan fingerprint density at radius 1 is 1.50 bits per heavy atom. The van der Waals surface area contributed by atoms with Crippen molar-refractivity contribution in [3.8, 4) is 5.75 Å². The first-order valence-electron chi connectivity index (χ1n) is 5.96. The van der Waals surface area contributed by atoms with Crippen molar-refractivity contribution in [1.82, 2.24) is 0 Å². The van der Waals surface area contributed by atoms with Crippen molar-refractivity contribution in [2.75, 3.05) is 7.11 Å². The molecular weight excluding hydrogens is 267 g/mol. The second kappa shape index (κ2) is 5.32. The molecule has 0 aliphatic heterocycles. The zero-order chi connectivity index (χ0) is 14.9. The fourth-order valence-electron chi connectivity index (χ4n) is 2.04. The van der Waals surface area contributed by atoms with Crippen LogP contribution in [0.25, 0.3) is 11.0 Å². The Hall–Kier alpha value is -2.37. The molecule has 1 N–H and O–H groups in total. The molecule has 0 aliphatic rings. The standard InChI is InChI=1S/C14H13FO5/c1-7(5-11(16)19-2)12-13(17)9-6-8(15)3-4-10(9)20-14(12)18/h3-4,6-7,17H,5H2,1-2H3/t7-/m1/s1. The van der Waals surface area contributed by atoms with E-state index in [0.29, 0.717) is 0 Å². The third kappa shape index (κ3) is 2.49. The molecule has 1 aromatic heterocycles.